The molecule has 1 amide bonds. The Balaban J connectivity index is 2.00. The number of likely N-dealkylation sites (tertiary alicyclic amines) is 1. The average Bonchev–Trinajstić information content (AvgIpc) is 2.60. The van der Waals surface area contributed by atoms with Gasteiger partial charge in [-0.3, -0.25) is 4.79 Å². The summed E-state index contributed by atoms with van der Waals surface area (Å²) in [7, 11) is 0. The molecular weight excluding hydrogens is 333 g/mol. The lowest BCUT2D eigenvalue weighted by molar-refractivity contribution is -0.114. The van der Waals surface area contributed by atoms with Gasteiger partial charge in [0, 0.05) is 19.6 Å². The molecule has 0 aliphatic carbocycles. The van der Waals surface area contributed by atoms with E-state index in [4.69, 9.17) is 0 Å². The zero-order valence-electron chi connectivity index (χ0n) is 14.4. The van der Waals surface area contributed by atoms with Crippen LogP contribution in [0.25, 0.3) is 0 Å². The standard InChI is InChI=1S/C17H23F3N4O/c1-3-21-17(24-8-6-11(2)7-9-24)22-10-14(25)23-13-5-4-12(18)15(19)16(13)20/h4-5,11H,3,6-10H2,1-2H3,(H,21,22)(H,23,25). The number of aliphatic imine (C=N–C) groups is 1. The molecule has 0 atom stereocenters. The van der Waals surface area contributed by atoms with Gasteiger partial charge in [-0.15, -0.1) is 0 Å². The molecule has 2 N–H and O–H groups in total. The first-order valence-electron chi connectivity index (χ1n) is 8.39. The van der Waals surface area contributed by atoms with Gasteiger partial charge in [-0.05, 0) is 37.8 Å². The Hall–Kier alpha value is -2.25. The van der Waals surface area contributed by atoms with Crippen molar-refractivity contribution in [3.8, 4) is 0 Å². The smallest absolute Gasteiger partial charge is 0.246 e. The van der Waals surface area contributed by atoms with Crippen molar-refractivity contribution < 1.29 is 18.0 Å². The lowest BCUT2D eigenvalue weighted by atomic mass is 10.00. The zero-order chi connectivity index (χ0) is 18.4. The predicted molar refractivity (Wildman–Crippen MR) is 90.9 cm³/mol. The highest BCUT2D eigenvalue weighted by molar-refractivity contribution is 5.94. The van der Waals surface area contributed by atoms with Crippen molar-refractivity contribution in [2.75, 3.05) is 31.5 Å². The molecule has 0 unspecified atom stereocenters. The summed E-state index contributed by atoms with van der Waals surface area (Å²) in [6, 6.07) is 1.74. The molecule has 1 heterocycles. The van der Waals surface area contributed by atoms with Crippen LogP contribution in [0.15, 0.2) is 17.1 Å². The van der Waals surface area contributed by atoms with Crippen LogP contribution in [0.4, 0.5) is 18.9 Å². The molecular formula is C17H23F3N4O. The van der Waals surface area contributed by atoms with Gasteiger partial charge in [0.1, 0.15) is 6.54 Å². The molecule has 2 rings (SSSR count). The Bertz CT molecular complexity index is 643. The van der Waals surface area contributed by atoms with Crippen LogP contribution in [0, 0.1) is 23.4 Å². The molecule has 0 bridgehead atoms. The fourth-order valence-electron chi connectivity index (χ4n) is 2.61. The van der Waals surface area contributed by atoms with Gasteiger partial charge >= 0.3 is 0 Å². The van der Waals surface area contributed by atoms with Crippen LogP contribution in [0.2, 0.25) is 0 Å². The molecule has 1 fully saturated rings. The summed E-state index contributed by atoms with van der Waals surface area (Å²) in [6.45, 7) is 6.25. The number of amides is 1. The fraction of sp³-hybridized carbons (Fsp3) is 0.529. The second kappa shape index (κ2) is 8.73. The summed E-state index contributed by atoms with van der Waals surface area (Å²) >= 11 is 0. The predicted octanol–water partition coefficient (Wildman–Crippen LogP) is 2.74. The topological polar surface area (TPSA) is 56.7 Å². The van der Waals surface area contributed by atoms with Gasteiger partial charge in [0.25, 0.3) is 0 Å². The van der Waals surface area contributed by atoms with Crippen LogP contribution in [-0.2, 0) is 4.79 Å². The largest absolute Gasteiger partial charge is 0.357 e. The lowest BCUT2D eigenvalue weighted by Crippen LogP contribution is -2.45. The van der Waals surface area contributed by atoms with Crippen molar-refractivity contribution in [1.82, 2.24) is 10.2 Å². The van der Waals surface area contributed by atoms with Crippen LogP contribution in [-0.4, -0.2) is 42.9 Å². The highest BCUT2D eigenvalue weighted by Crippen LogP contribution is 2.19. The Morgan fingerprint density at radius 2 is 1.92 bits per heavy atom. The Kier molecular flexibility index (Phi) is 6.66. The number of halogens is 3. The summed E-state index contributed by atoms with van der Waals surface area (Å²) in [5.74, 6) is -3.66. The minimum atomic E-state index is -1.61. The van der Waals surface area contributed by atoms with Crippen LogP contribution < -0.4 is 10.6 Å². The van der Waals surface area contributed by atoms with E-state index in [1.165, 1.54) is 0 Å². The van der Waals surface area contributed by atoms with Crippen molar-refractivity contribution in [3.05, 3.63) is 29.6 Å². The molecule has 0 saturated carbocycles. The maximum Gasteiger partial charge on any atom is 0.246 e. The Morgan fingerprint density at radius 1 is 1.24 bits per heavy atom. The second-order valence-corrected chi connectivity index (χ2v) is 6.11. The van der Waals surface area contributed by atoms with Crippen molar-refractivity contribution in [3.63, 3.8) is 0 Å². The molecule has 0 radical (unpaired) electrons. The van der Waals surface area contributed by atoms with Crippen LogP contribution in [0.1, 0.15) is 26.7 Å². The number of nitrogens with one attached hydrogen (secondary N) is 2. The monoisotopic (exact) mass is 356 g/mol. The van der Waals surface area contributed by atoms with Gasteiger partial charge in [0.15, 0.2) is 23.4 Å². The first-order chi connectivity index (χ1) is 11.9. The van der Waals surface area contributed by atoms with E-state index in [9.17, 15) is 18.0 Å². The number of hydrogen-bond donors (Lipinski definition) is 2. The van der Waals surface area contributed by atoms with Gasteiger partial charge in [-0.2, -0.15) is 0 Å². The van der Waals surface area contributed by atoms with Gasteiger partial charge < -0.3 is 15.5 Å². The third-order valence-electron chi connectivity index (χ3n) is 4.10. The Morgan fingerprint density at radius 3 is 2.56 bits per heavy atom. The molecule has 1 saturated heterocycles. The van der Waals surface area contributed by atoms with Crippen molar-refractivity contribution in [2.45, 2.75) is 26.7 Å². The van der Waals surface area contributed by atoms with Gasteiger partial charge in [-0.1, -0.05) is 6.92 Å². The van der Waals surface area contributed by atoms with Crippen LogP contribution in [0.3, 0.4) is 0 Å². The third-order valence-corrected chi connectivity index (χ3v) is 4.10. The zero-order valence-corrected chi connectivity index (χ0v) is 14.4. The van der Waals surface area contributed by atoms with Crippen molar-refractivity contribution in [2.24, 2.45) is 10.9 Å². The van der Waals surface area contributed by atoms with E-state index < -0.39 is 29.0 Å². The number of anilines is 1. The maximum atomic E-state index is 13.6. The number of rotatable bonds is 4. The van der Waals surface area contributed by atoms with E-state index in [0.29, 0.717) is 18.4 Å². The molecule has 0 spiro atoms. The summed E-state index contributed by atoms with van der Waals surface area (Å²) in [6.07, 6.45) is 2.10. The average molecular weight is 356 g/mol. The molecule has 1 aliphatic heterocycles. The van der Waals surface area contributed by atoms with E-state index in [1.54, 1.807) is 0 Å². The summed E-state index contributed by atoms with van der Waals surface area (Å²) in [5.41, 5.74) is -0.407. The third kappa shape index (κ3) is 5.11. The fourth-order valence-corrected chi connectivity index (χ4v) is 2.61. The first kappa shape index (κ1) is 19.1. The number of guanidine groups is 1. The summed E-state index contributed by atoms with van der Waals surface area (Å²) in [5, 5.41) is 5.34. The number of nitrogens with zero attached hydrogens (tertiary/aromatic N) is 2. The van der Waals surface area contributed by atoms with E-state index >= 15 is 0 Å². The second-order valence-electron chi connectivity index (χ2n) is 6.11. The van der Waals surface area contributed by atoms with E-state index in [0.717, 1.165) is 38.1 Å². The van der Waals surface area contributed by atoms with Crippen LogP contribution in [0.5, 0.6) is 0 Å². The van der Waals surface area contributed by atoms with E-state index in [1.807, 2.05) is 6.92 Å². The van der Waals surface area contributed by atoms with Gasteiger partial charge in [-0.25, -0.2) is 18.2 Å². The molecule has 25 heavy (non-hydrogen) atoms. The highest BCUT2D eigenvalue weighted by Gasteiger charge is 2.19. The van der Waals surface area contributed by atoms with E-state index in [-0.39, 0.29) is 6.54 Å². The minimum absolute atomic E-state index is 0.243. The minimum Gasteiger partial charge on any atom is -0.357 e. The van der Waals surface area contributed by atoms with E-state index in [2.05, 4.69) is 27.4 Å². The number of piperidine rings is 1. The highest BCUT2D eigenvalue weighted by atomic mass is 19.2. The SMILES string of the molecule is CCNC(=NCC(=O)Nc1ccc(F)c(F)c1F)N1CCC(C)CC1. The molecule has 0 aromatic heterocycles. The number of carbonyl (C=O) groups excluding carboxylic acids is 1. The first-order valence-corrected chi connectivity index (χ1v) is 8.39. The van der Waals surface area contributed by atoms with Crippen molar-refractivity contribution in [1.29, 1.82) is 0 Å². The molecule has 8 heteroatoms. The number of benzene rings is 1. The van der Waals surface area contributed by atoms with Crippen LogP contribution >= 0.6 is 0 Å². The maximum absolute atomic E-state index is 13.6. The summed E-state index contributed by atoms with van der Waals surface area (Å²) < 4.78 is 39.7. The molecule has 138 valence electrons. The van der Waals surface area contributed by atoms with Gasteiger partial charge in [0.05, 0.1) is 5.69 Å². The number of carbonyl (C=O) groups is 1. The number of hydrogen-bond acceptors (Lipinski definition) is 2. The molecule has 1 aromatic carbocycles. The molecule has 1 aromatic rings. The Labute approximate surface area is 145 Å². The molecule has 1 aliphatic rings. The lowest BCUT2D eigenvalue weighted by Gasteiger charge is -2.32. The normalized spacial score (nSPS) is 16.0. The van der Waals surface area contributed by atoms with Gasteiger partial charge in [0.2, 0.25) is 5.91 Å². The quantitative estimate of drug-likeness (QED) is 0.496. The molecule has 5 nitrogen and oxygen atoms in total. The summed E-state index contributed by atoms with van der Waals surface area (Å²) in [4.78, 5) is 18.3. The van der Waals surface area contributed by atoms with Crippen molar-refractivity contribution >= 4 is 17.6 Å².